The van der Waals surface area contributed by atoms with E-state index in [2.05, 4.69) is 15.6 Å². The molecule has 3 N–H and O–H groups in total. The molecule has 6 nitrogen and oxygen atoms in total. The second kappa shape index (κ2) is 7.48. The molecule has 2 heterocycles. The summed E-state index contributed by atoms with van der Waals surface area (Å²) < 4.78 is 6.80. The number of aliphatic carboxylic acids is 1. The number of rotatable bonds is 7. The normalized spacial score (nSPS) is 20.9. The van der Waals surface area contributed by atoms with Crippen LogP contribution in [-0.2, 0) is 4.79 Å². The molecule has 1 aliphatic rings. The van der Waals surface area contributed by atoms with Crippen molar-refractivity contribution in [3.05, 3.63) is 23.2 Å². The monoisotopic (exact) mass is 353 g/mol. The van der Waals surface area contributed by atoms with Gasteiger partial charge in [-0.1, -0.05) is 0 Å². The van der Waals surface area contributed by atoms with Crippen molar-refractivity contribution in [2.24, 2.45) is 0 Å². The van der Waals surface area contributed by atoms with Crippen LogP contribution >= 0.6 is 23.1 Å². The first-order valence-corrected chi connectivity index (χ1v) is 9.32. The highest BCUT2D eigenvalue weighted by Crippen LogP contribution is 2.37. The Balaban J connectivity index is 1.68. The highest BCUT2D eigenvalue weighted by Gasteiger charge is 2.32. The largest absolute Gasteiger partial charge is 0.493 e. The number of nitrogens with zero attached hydrogens (tertiary/aromatic N) is 1. The minimum absolute atomic E-state index is 0.0477. The minimum atomic E-state index is -0.807. The lowest BCUT2D eigenvalue weighted by Crippen LogP contribution is -2.33. The average molecular weight is 353 g/mol. The number of carbonyl (C=O) groups is 1. The predicted octanol–water partition coefficient (Wildman–Crippen LogP) is 2.07. The Bertz CT molecular complexity index is 692. The maximum absolute atomic E-state index is 11.0. The van der Waals surface area contributed by atoms with E-state index >= 15 is 0 Å². The van der Waals surface area contributed by atoms with E-state index in [1.165, 1.54) is 0 Å². The maximum atomic E-state index is 11.0. The zero-order valence-corrected chi connectivity index (χ0v) is 14.4. The summed E-state index contributed by atoms with van der Waals surface area (Å²) in [6, 6.07) is 5.39. The molecule has 1 fully saturated rings. The van der Waals surface area contributed by atoms with E-state index in [4.69, 9.17) is 9.84 Å². The lowest BCUT2D eigenvalue weighted by atomic mass is 10.3. The zero-order valence-electron chi connectivity index (χ0n) is 12.7. The van der Waals surface area contributed by atoms with E-state index in [0.717, 1.165) is 33.9 Å². The number of aromatic nitrogens is 1. The molecule has 0 aliphatic carbocycles. The first kappa shape index (κ1) is 16.5. The van der Waals surface area contributed by atoms with Crippen molar-refractivity contribution in [3.8, 4) is 5.75 Å². The third-order valence-electron chi connectivity index (χ3n) is 3.52. The summed E-state index contributed by atoms with van der Waals surface area (Å²) in [6.07, 6.45) is 0.960. The SMILES string of the molecule is CNCCCOc1ccc2nc(C3N[C@@H](C(=O)O)CS3)sc2c1. The van der Waals surface area contributed by atoms with E-state index in [1.807, 2.05) is 25.2 Å². The van der Waals surface area contributed by atoms with Gasteiger partial charge in [0, 0.05) is 5.75 Å². The first-order valence-electron chi connectivity index (χ1n) is 7.45. The van der Waals surface area contributed by atoms with Gasteiger partial charge in [-0.05, 0) is 38.2 Å². The molecule has 1 aromatic heterocycles. The minimum Gasteiger partial charge on any atom is -0.493 e. The number of fused-ring (bicyclic) bond motifs is 1. The van der Waals surface area contributed by atoms with Crippen molar-refractivity contribution in [2.45, 2.75) is 17.8 Å². The van der Waals surface area contributed by atoms with E-state index in [1.54, 1.807) is 23.1 Å². The Kier molecular flexibility index (Phi) is 5.37. The molecular weight excluding hydrogens is 334 g/mol. The van der Waals surface area contributed by atoms with Gasteiger partial charge in [-0.2, -0.15) is 0 Å². The summed E-state index contributed by atoms with van der Waals surface area (Å²) in [7, 11) is 1.93. The van der Waals surface area contributed by atoms with E-state index in [-0.39, 0.29) is 5.37 Å². The van der Waals surface area contributed by atoms with Crippen LogP contribution < -0.4 is 15.4 Å². The zero-order chi connectivity index (χ0) is 16.2. The van der Waals surface area contributed by atoms with Crippen LogP contribution in [0.1, 0.15) is 16.8 Å². The average Bonchev–Trinajstić information content (AvgIpc) is 3.17. The molecule has 0 amide bonds. The molecular formula is C15H19N3O3S2. The lowest BCUT2D eigenvalue weighted by molar-refractivity contribution is -0.138. The maximum Gasteiger partial charge on any atom is 0.321 e. The molecule has 2 atom stereocenters. The highest BCUT2D eigenvalue weighted by molar-refractivity contribution is 7.99. The topological polar surface area (TPSA) is 83.5 Å². The van der Waals surface area contributed by atoms with Crippen LogP contribution in [0.4, 0.5) is 0 Å². The number of ether oxygens (including phenoxy) is 1. The predicted molar refractivity (Wildman–Crippen MR) is 93.4 cm³/mol. The van der Waals surface area contributed by atoms with Crippen molar-refractivity contribution in [1.29, 1.82) is 0 Å². The molecule has 0 bridgehead atoms. The molecule has 1 aliphatic heterocycles. The summed E-state index contributed by atoms with van der Waals surface area (Å²) in [6.45, 7) is 1.61. The van der Waals surface area contributed by atoms with Crippen LogP contribution in [0.2, 0.25) is 0 Å². The van der Waals surface area contributed by atoms with Crippen molar-refractivity contribution >= 4 is 39.3 Å². The van der Waals surface area contributed by atoms with Crippen LogP contribution in [0.3, 0.4) is 0 Å². The summed E-state index contributed by atoms with van der Waals surface area (Å²) in [4.78, 5) is 15.6. The van der Waals surface area contributed by atoms with Crippen LogP contribution in [0, 0.1) is 0 Å². The molecule has 1 saturated heterocycles. The Morgan fingerprint density at radius 2 is 2.43 bits per heavy atom. The third-order valence-corrected chi connectivity index (χ3v) is 5.97. The molecule has 0 saturated carbocycles. The number of nitrogens with one attached hydrogen (secondary N) is 2. The molecule has 2 aromatic rings. The first-order chi connectivity index (χ1) is 11.2. The highest BCUT2D eigenvalue weighted by atomic mass is 32.2. The fourth-order valence-corrected chi connectivity index (χ4v) is 4.69. The number of carboxylic acid groups (broad SMARTS) is 1. The van der Waals surface area contributed by atoms with Crippen molar-refractivity contribution in [2.75, 3.05) is 26.0 Å². The number of hydrogen-bond acceptors (Lipinski definition) is 7. The van der Waals surface area contributed by atoms with Gasteiger partial charge in [-0.15, -0.1) is 23.1 Å². The standard InChI is InChI=1S/C15H19N3O3S2/c1-16-5-2-6-21-9-3-4-10-12(7-9)23-14(17-10)13-18-11(8-22-13)15(19)20/h3-4,7,11,13,16,18H,2,5-6,8H2,1H3,(H,19,20)/t11-,13?/m1/s1. The molecule has 1 aromatic carbocycles. The molecule has 3 rings (SSSR count). The summed E-state index contributed by atoms with van der Waals surface area (Å²) in [5.41, 5.74) is 0.925. The molecule has 124 valence electrons. The van der Waals surface area contributed by atoms with Crippen LogP contribution in [0.25, 0.3) is 10.2 Å². The number of hydrogen-bond donors (Lipinski definition) is 3. The Hall–Kier alpha value is -1.35. The Morgan fingerprint density at radius 3 is 3.17 bits per heavy atom. The van der Waals surface area contributed by atoms with Gasteiger partial charge in [0.25, 0.3) is 0 Å². The van der Waals surface area contributed by atoms with Gasteiger partial charge in [0.15, 0.2) is 0 Å². The number of benzene rings is 1. The molecule has 8 heteroatoms. The molecule has 1 unspecified atom stereocenters. The number of carboxylic acids is 1. The molecule has 0 radical (unpaired) electrons. The van der Waals surface area contributed by atoms with Gasteiger partial charge >= 0.3 is 5.97 Å². The quantitative estimate of drug-likeness (QED) is 0.657. The van der Waals surface area contributed by atoms with Gasteiger partial charge in [0.1, 0.15) is 22.2 Å². The van der Waals surface area contributed by atoms with Crippen LogP contribution in [0.5, 0.6) is 5.75 Å². The lowest BCUT2D eigenvalue weighted by Gasteiger charge is -2.06. The number of thioether (sulfide) groups is 1. The summed E-state index contributed by atoms with van der Waals surface area (Å²) >= 11 is 3.17. The van der Waals surface area contributed by atoms with Gasteiger partial charge in [-0.25, -0.2) is 4.98 Å². The van der Waals surface area contributed by atoms with Crippen molar-refractivity contribution in [3.63, 3.8) is 0 Å². The smallest absolute Gasteiger partial charge is 0.321 e. The number of thiazole rings is 1. The van der Waals surface area contributed by atoms with E-state index < -0.39 is 12.0 Å². The fraction of sp³-hybridized carbons (Fsp3) is 0.467. The Labute approximate surface area is 142 Å². The van der Waals surface area contributed by atoms with Gasteiger partial charge in [0.2, 0.25) is 0 Å². The second-order valence-electron chi connectivity index (χ2n) is 5.26. The van der Waals surface area contributed by atoms with Crippen LogP contribution in [-0.4, -0.2) is 48.1 Å². The second-order valence-corrected chi connectivity index (χ2v) is 7.46. The molecule has 23 heavy (non-hydrogen) atoms. The van der Waals surface area contributed by atoms with Crippen molar-refractivity contribution < 1.29 is 14.6 Å². The fourth-order valence-electron chi connectivity index (χ4n) is 2.32. The van der Waals surface area contributed by atoms with Crippen molar-refractivity contribution in [1.82, 2.24) is 15.6 Å². The van der Waals surface area contributed by atoms with Gasteiger partial charge < -0.3 is 15.2 Å². The third kappa shape index (κ3) is 3.95. The van der Waals surface area contributed by atoms with Gasteiger partial charge in [0.05, 0.1) is 16.8 Å². The summed E-state index contributed by atoms with van der Waals surface area (Å²) in [5.74, 6) is 0.605. The van der Waals surface area contributed by atoms with E-state index in [0.29, 0.717) is 12.4 Å². The van der Waals surface area contributed by atoms with E-state index in [9.17, 15) is 4.79 Å². The van der Waals surface area contributed by atoms with Gasteiger partial charge in [-0.3, -0.25) is 10.1 Å². The Morgan fingerprint density at radius 1 is 1.57 bits per heavy atom. The molecule has 0 spiro atoms. The summed E-state index contributed by atoms with van der Waals surface area (Å²) in [5, 5.41) is 16.1. The van der Waals surface area contributed by atoms with Crippen LogP contribution in [0.15, 0.2) is 18.2 Å².